The van der Waals surface area contributed by atoms with Crippen LogP contribution in [0.3, 0.4) is 0 Å². The monoisotopic (exact) mass is 346 g/mol. The van der Waals surface area contributed by atoms with E-state index < -0.39 is 0 Å². The Morgan fingerprint density at radius 3 is 2.83 bits per heavy atom. The molecule has 2 aromatic rings. The molecule has 3 rings (SSSR count). The van der Waals surface area contributed by atoms with Gasteiger partial charge in [-0.1, -0.05) is 19.1 Å². The largest absolute Gasteiger partial charge is 0.462 e. The van der Waals surface area contributed by atoms with Gasteiger partial charge in [-0.05, 0) is 25.5 Å². The number of esters is 1. The first-order valence-corrected chi connectivity index (χ1v) is 9.07. The fourth-order valence-electron chi connectivity index (χ4n) is 2.81. The molecule has 0 spiro atoms. The van der Waals surface area contributed by atoms with Crippen molar-refractivity contribution < 1.29 is 14.3 Å². The number of nitrogens with zero attached hydrogens (tertiary/aromatic N) is 2. The van der Waals surface area contributed by atoms with Crippen LogP contribution in [-0.2, 0) is 14.3 Å². The van der Waals surface area contributed by atoms with Crippen molar-refractivity contribution in [1.82, 2.24) is 9.88 Å². The van der Waals surface area contributed by atoms with Crippen molar-refractivity contribution in [1.29, 1.82) is 0 Å². The molecule has 1 aliphatic rings. The van der Waals surface area contributed by atoms with Gasteiger partial charge >= 0.3 is 5.97 Å². The Hall–Kier alpha value is -1.95. The van der Waals surface area contributed by atoms with E-state index in [0.717, 1.165) is 15.2 Å². The lowest BCUT2D eigenvalue weighted by molar-refractivity contribution is -0.158. The zero-order valence-corrected chi connectivity index (χ0v) is 15.0. The molecule has 0 N–H and O–H groups in total. The average molecular weight is 346 g/mol. The first-order valence-electron chi connectivity index (χ1n) is 8.25. The molecule has 1 aromatic heterocycles. The number of piperidine rings is 1. The molecule has 2 heterocycles. The fraction of sp³-hybridized carbons (Fsp3) is 0.500. The number of thiazole rings is 1. The Morgan fingerprint density at radius 2 is 2.12 bits per heavy atom. The van der Waals surface area contributed by atoms with Crippen molar-refractivity contribution in [2.75, 3.05) is 13.6 Å². The Balaban J connectivity index is 1.64. The van der Waals surface area contributed by atoms with E-state index >= 15 is 0 Å². The standard InChI is InChI=1S/C18H22N2O3S/c1-11(17-19-14-6-4-5-7-15(14)24-17)12(2)23-18(22)13-8-9-20(3)16(21)10-13/h4-7,11-13H,8-10H2,1-3H3/t11-,12-,13-/m0/s1. The van der Waals surface area contributed by atoms with E-state index in [1.807, 2.05) is 38.1 Å². The summed E-state index contributed by atoms with van der Waals surface area (Å²) in [5, 5.41) is 0.968. The summed E-state index contributed by atoms with van der Waals surface area (Å²) >= 11 is 1.63. The summed E-state index contributed by atoms with van der Waals surface area (Å²) < 4.78 is 6.78. The third-order valence-corrected chi connectivity index (χ3v) is 5.94. The second kappa shape index (κ2) is 6.89. The number of benzene rings is 1. The van der Waals surface area contributed by atoms with Gasteiger partial charge in [0, 0.05) is 25.9 Å². The molecule has 1 saturated heterocycles. The summed E-state index contributed by atoms with van der Waals surface area (Å²) in [7, 11) is 1.77. The van der Waals surface area contributed by atoms with Crippen molar-refractivity contribution in [3.8, 4) is 0 Å². The average Bonchev–Trinajstić information content (AvgIpc) is 3.00. The molecule has 0 unspecified atom stereocenters. The van der Waals surface area contributed by atoms with E-state index in [1.165, 1.54) is 0 Å². The topological polar surface area (TPSA) is 59.5 Å². The van der Waals surface area contributed by atoms with Gasteiger partial charge in [0.05, 0.1) is 16.1 Å². The van der Waals surface area contributed by atoms with Crippen LogP contribution in [0.1, 0.15) is 37.6 Å². The predicted octanol–water partition coefficient (Wildman–Crippen LogP) is 3.20. The molecule has 1 amide bonds. The number of hydrogen-bond acceptors (Lipinski definition) is 5. The Bertz CT molecular complexity index is 725. The maximum atomic E-state index is 12.4. The molecule has 1 fully saturated rings. The Labute approximate surface area is 145 Å². The molecule has 5 nitrogen and oxygen atoms in total. The number of rotatable bonds is 4. The number of amides is 1. The predicted molar refractivity (Wildman–Crippen MR) is 94.0 cm³/mol. The molecule has 0 radical (unpaired) electrons. The first-order chi connectivity index (χ1) is 11.5. The van der Waals surface area contributed by atoms with E-state index in [2.05, 4.69) is 4.98 Å². The third kappa shape index (κ3) is 3.43. The summed E-state index contributed by atoms with van der Waals surface area (Å²) in [6.45, 7) is 4.53. The van der Waals surface area contributed by atoms with Crippen molar-refractivity contribution >= 4 is 33.4 Å². The number of aromatic nitrogens is 1. The van der Waals surface area contributed by atoms with Gasteiger partial charge in [0.2, 0.25) is 5.91 Å². The van der Waals surface area contributed by atoms with E-state index in [-0.39, 0.29) is 36.2 Å². The Morgan fingerprint density at radius 1 is 1.38 bits per heavy atom. The number of hydrogen-bond donors (Lipinski definition) is 0. The lowest BCUT2D eigenvalue weighted by Gasteiger charge is -2.29. The van der Waals surface area contributed by atoms with Crippen LogP contribution in [0.15, 0.2) is 24.3 Å². The second-order valence-electron chi connectivity index (χ2n) is 6.46. The van der Waals surface area contributed by atoms with Crippen LogP contribution in [0.25, 0.3) is 10.2 Å². The number of likely N-dealkylation sites (tertiary alicyclic amines) is 1. The van der Waals surface area contributed by atoms with Crippen LogP contribution in [0.4, 0.5) is 0 Å². The van der Waals surface area contributed by atoms with Gasteiger partial charge < -0.3 is 9.64 Å². The van der Waals surface area contributed by atoms with Crippen molar-refractivity contribution in [3.05, 3.63) is 29.3 Å². The fourth-order valence-corrected chi connectivity index (χ4v) is 3.92. The molecule has 0 aliphatic carbocycles. The molecule has 6 heteroatoms. The highest BCUT2D eigenvalue weighted by Crippen LogP contribution is 2.31. The summed E-state index contributed by atoms with van der Waals surface area (Å²) in [6.07, 6.45) is 0.647. The van der Waals surface area contributed by atoms with Gasteiger partial charge in [-0.3, -0.25) is 9.59 Å². The highest BCUT2D eigenvalue weighted by molar-refractivity contribution is 7.18. The SMILES string of the molecule is C[C@H](OC(=O)[C@H]1CCN(C)C(=O)C1)[C@H](C)c1nc2ccccc2s1. The number of carbonyl (C=O) groups is 2. The second-order valence-corrected chi connectivity index (χ2v) is 7.52. The van der Waals surface area contributed by atoms with Gasteiger partial charge in [0.1, 0.15) is 11.1 Å². The maximum Gasteiger partial charge on any atom is 0.309 e. The van der Waals surface area contributed by atoms with Crippen molar-refractivity contribution in [2.24, 2.45) is 5.92 Å². The quantitative estimate of drug-likeness (QED) is 0.798. The van der Waals surface area contributed by atoms with Crippen LogP contribution in [-0.4, -0.2) is 41.5 Å². The third-order valence-electron chi connectivity index (χ3n) is 4.70. The maximum absolute atomic E-state index is 12.4. The first kappa shape index (κ1) is 16.9. The van der Waals surface area contributed by atoms with E-state index in [4.69, 9.17) is 4.74 Å². The zero-order chi connectivity index (χ0) is 17.3. The van der Waals surface area contributed by atoms with Crippen LogP contribution < -0.4 is 0 Å². The summed E-state index contributed by atoms with van der Waals surface area (Å²) in [4.78, 5) is 30.4. The molecule has 1 aromatic carbocycles. The summed E-state index contributed by atoms with van der Waals surface area (Å²) in [5.41, 5.74) is 0.976. The highest BCUT2D eigenvalue weighted by Gasteiger charge is 2.32. The van der Waals surface area contributed by atoms with Crippen LogP contribution in [0, 0.1) is 5.92 Å². The minimum atomic E-state index is -0.321. The number of para-hydroxylation sites is 1. The summed E-state index contributed by atoms with van der Waals surface area (Å²) in [6, 6.07) is 8.00. The van der Waals surface area contributed by atoms with Crippen molar-refractivity contribution in [2.45, 2.75) is 38.7 Å². The van der Waals surface area contributed by atoms with Gasteiger partial charge in [0.25, 0.3) is 0 Å². The van der Waals surface area contributed by atoms with Gasteiger partial charge in [0.15, 0.2) is 0 Å². The number of fused-ring (bicyclic) bond motifs is 1. The molecular weight excluding hydrogens is 324 g/mol. The van der Waals surface area contributed by atoms with Crippen LogP contribution in [0.5, 0.6) is 0 Å². The molecule has 1 aliphatic heterocycles. The smallest absolute Gasteiger partial charge is 0.309 e. The molecule has 128 valence electrons. The minimum absolute atomic E-state index is 0.00933. The van der Waals surface area contributed by atoms with Crippen LogP contribution in [0.2, 0.25) is 0 Å². The number of ether oxygens (including phenoxy) is 1. The van der Waals surface area contributed by atoms with Crippen molar-refractivity contribution in [3.63, 3.8) is 0 Å². The van der Waals surface area contributed by atoms with E-state index in [9.17, 15) is 9.59 Å². The van der Waals surface area contributed by atoms with E-state index in [1.54, 1.807) is 23.3 Å². The molecule has 0 saturated carbocycles. The van der Waals surface area contributed by atoms with Gasteiger partial charge in [-0.2, -0.15) is 0 Å². The minimum Gasteiger partial charge on any atom is -0.462 e. The van der Waals surface area contributed by atoms with Gasteiger partial charge in [-0.25, -0.2) is 4.98 Å². The molecule has 0 bridgehead atoms. The lowest BCUT2D eigenvalue weighted by atomic mass is 9.96. The normalized spacial score (nSPS) is 20.9. The van der Waals surface area contributed by atoms with E-state index in [0.29, 0.717) is 13.0 Å². The van der Waals surface area contributed by atoms with Gasteiger partial charge in [-0.15, -0.1) is 11.3 Å². The molecule has 3 atom stereocenters. The summed E-state index contributed by atoms with van der Waals surface area (Å²) in [5.74, 6) is -0.556. The Kier molecular flexibility index (Phi) is 4.85. The van der Waals surface area contributed by atoms with Crippen LogP contribution >= 0.6 is 11.3 Å². The zero-order valence-electron chi connectivity index (χ0n) is 14.2. The lowest BCUT2D eigenvalue weighted by Crippen LogP contribution is -2.39. The molecular formula is C18H22N2O3S. The number of carbonyl (C=O) groups excluding carboxylic acids is 2. The highest BCUT2D eigenvalue weighted by atomic mass is 32.1. The molecule has 24 heavy (non-hydrogen) atoms.